The number of halogens is 6. The zero-order chi connectivity index (χ0) is 21.0. The van der Waals surface area contributed by atoms with Crippen molar-refractivity contribution in [2.45, 2.75) is 56.4 Å². The lowest BCUT2D eigenvalue weighted by atomic mass is 10.1. The van der Waals surface area contributed by atoms with Crippen molar-refractivity contribution in [3.63, 3.8) is 0 Å². The molecule has 0 spiro atoms. The molecular weight excluding hydrogens is 414 g/mol. The molecule has 14 heteroatoms. The molecule has 0 amide bonds. The largest absolute Gasteiger partial charge is 0.748 e. The fourth-order valence-electron chi connectivity index (χ4n) is 1.89. The van der Waals surface area contributed by atoms with Crippen molar-refractivity contribution in [3.05, 3.63) is 0 Å². The molecule has 0 aliphatic heterocycles. The first-order valence-corrected chi connectivity index (χ1v) is 11.9. The van der Waals surface area contributed by atoms with E-state index < -0.39 is 54.5 Å². The van der Waals surface area contributed by atoms with Gasteiger partial charge in [-0.15, -0.1) is 0 Å². The number of unbranched alkanes of at least 4 members (excludes halogenated alkanes) is 1. The third-order valence-corrected chi connectivity index (χ3v) is 6.97. The van der Waals surface area contributed by atoms with Crippen LogP contribution in [-0.4, -0.2) is 58.1 Å². The lowest BCUT2D eigenvalue weighted by Gasteiger charge is -2.36. The highest BCUT2D eigenvalue weighted by Gasteiger charge is 2.75. The average molecular weight is 433 g/mol. The van der Waals surface area contributed by atoms with Crippen LogP contribution in [0.4, 0.5) is 26.3 Å². The molecule has 0 aromatic heterocycles. The SMILES string of the molecule is CO[Si](C)(C)CCCCC(=O)OC(CS(=O)(=O)[O-])(C(F)(F)F)C(F)(F)F. The molecular formula is C12H19F6O6SSi-. The number of hydrogen-bond acceptors (Lipinski definition) is 6. The summed E-state index contributed by atoms with van der Waals surface area (Å²) in [6, 6.07) is 0.495. The van der Waals surface area contributed by atoms with Crippen LogP contribution < -0.4 is 0 Å². The Labute approximate surface area is 147 Å². The number of esters is 1. The molecule has 0 radical (unpaired) electrons. The Morgan fingerprint density at radius 1 is 1.04 bits per heavy atom. The van der Waals surface area contributed by atoms with E-state index >= 15 is 0 Å². The smallest absolute Gasteiger partial charge is 0.438 e. The van der Waals surface area contributed by atoms with Crippen molar-refractivity contribution < 1.29 is 53.3 Å². The fraction of sp³-hybridized carbons (Fsp3) is 0.917. The molecule has 0 aromatic carbocycles. The second kappa shape index (κ2) is 8.44. The van der Waals surface area contributed by atoms with Gasteiger partial charge in [-0.05, 0) is 25.6 Å². The van der Waals surface area contributed by atoms with Gasteiger partial charge in [0.25, 0.3) is 0 Å². The van der Waals surface area contributed by atoms with E-state index in [1.807, 2.05) is 13.1 Å². The zero-order valence-electron chi connectivity index (χ0n) is 14.2. The van der Waals surface area contributed by atoms with Crippen molar-refractivity contribution >= 4 is 24.4 Å². The Morgan fingerprint density at radius 2 is 1.50 bits per heavy atom. The maximum absolute atomic E-state index is 12.9. The van der Waals surface area contributed by atoms with Crippen LogP contribution in [0.3, 0.4) is 0 Å². The molecule has 0 atom stereocenters. The predicted octanol–water partition coefficient (Wildman–Crippen LogP) is 2.96. The summed E-state index contributed by atoms with van der Waals surface area (Å²) < 4.78 is 118. The molecule has 26 heavy (non-hydrogen) atoms. The summed E-state index contributed by atoms with van der Waals surface area (Å²) in [5, 5.41) is 0. The highest BCUT2D eigenvalue weighted by Crippen LogP contribution is 2.47. The molecule has 0 fully saturated rings. The minimum Gasteiger partial charge on any atom is -0.748 e. The van der Waals surface area contributed by atoms with Gasteiger partial charge >= 0.3 is 23.9 Å². The number of carbonyl (C=O) groups is 1. The number of rotatable bonds is 9. The Hall–Kier alpha value is -0.863. The van der Waals surface area contributed by atoms with Crippen molar-refractivity contribution in [1.29, 1.82) is 0 Å². The van der Waals surface area contributed by atoms with Crippen LogP contribution in [-0.2, 0) is 24.1 Å². The summed E-state index contributed by atoms with van der Waals surface area (Å²) in [6.07, 6.45) is -13.3. The van der Waals surface area contributed by atoms with Gasteiger partial charge in [-0.25, -0.2) is 8.42 Å². The van der Waals surface area contributed by atoms with Crippen molar-refractivity contribution in [2.75, 3.05) is 12.9 Å². The van der Waals surface area contributed by atoms with Gasteiger partial charge in [0.05, 0.1) is 15.9 Å². The second-order valence-corrected chi connectivity index (χ2v) is 12.0. The minimum atomic E-state index is -6.34. The topological polar surface area (TPSA) is 92.7 Å². The summed E-state index contributed by atoms with van der Waals surface area (Å²) in [5.41, 5.74) is -5.40. The van der Waals surface area contributed by atoms with E-state index in [-0.39, 0.29) is 12.8 Å². The second-order valence-electron chi connectivity index (χ2n) is 6.17. The lowest BCUT2D eigenvalue weighted by Crippen LogP contribution is -2.63. The van der Waals surface area contributed by atoms with Crippen LogP contribution in [0.1, 0.15) is 19.3 Å². The monoisotopic (exact) mass is 433 g/mol. The molecule has 0 saturated carbocycles. The lowest BCUT2D eigenvalue weighted by molar-refractivity contribution is -0.361. The Balaban J connectivity index is 5.29. The highest BCUT2D eigenvalue weighted by atomic mass is 32.2. The van der Waals surface area contributed by atoms with Crippen molar-refractivity contribution in [1.82, 2.24) is 0 Å². The van der Waals surface area contributed by atoms with Crippen LogP contribution >= 0.6 is 0 Å². The van der Waals surface area contributed by atoms with E-state index in [2.05, 4.69) is 4.74 Å². The third-order valence-electron chi connectivity index (χ3n) is 3.55. The fourth-order valence-corrected chi connectivity index (χ4v) is 4.08. The maximum atomic E-state index is 12.9. The standard InChI is InChI=1S/C12H20F6O6SSi/c1-23-26(2,3)7-5-4-6-9(19)24-10(11(13,14)15,12(16,17)18)8-25(20,21)22/h4-8H2,1-3H3,(H,20,21,22)/p-1. The number of ether oxygens (including phenoxy) is 1. The summed E-state index contributed by atoms with van der Waals surface area (Å²) in [7, 11) is -6.58. The van der Waals surface area contributed by atoms with E-state index in [1.165, 1.54) is 7.11 Å². The number of alkyl halides is 6. The molecule has 0 N–H and O–H groups in total. The first kappa shape index (κ1) is 25.1. The van der Waals surface area contributed by atoms with Gasteiger partial charge in [0, 0.05) is 13.5 Å². The molecule has 6 nitrogen and oxygen atoms in total. The van der Waals surface area contributed by atoms with Gasteiger partial charge in [0.15, 0.2) is 8.32 Å². The van der Waals surface area contributed by atoms with Crippen molar-refractivity contribution in [2.24, 2.45) is 0 Å². The van der Waals surface area contributed by atoms with Crippen LogP contribution in [0.25, 0.3) is 0 Å². The molecule has 0 saturated heterocycles. The first-order chi connectivity index (χ1) is 11.4. The van der Waals surface area contributed by atoms with E-state index in [4.69, 9.17) is 4.43 Å². The van der Waals surface area contributed by atoms with E-state index in [0.717, 1.165) is 0 Å². The molecule has 0 aliphatic rings. The third kappa shape index (κ3) is 7.40. The van der Waals surface area contributed by atoms with Crippen LogP contribution in [0.5, 0.6) is 0 Å². The normalized spacial score (nSPS) is 14.4. The van der Waals surface area contributed by atoms with Gasteiger partial charge in [-0.2, -0.15) is 26.3 Å². The highest BCUT2D eigenvalue weighted by molar-refractivity contribution is 7.85. The predicted molar refractivity (Wildman–Crippen MR) is 78.6 cm³/mol. The number of hydrogen-bond donors (Lipinski definition) is 0. The summed E-state index contributed by atoms with van der Waals surface area (Å²) >= 11 is 0. The molecule has 0 unspecified atom stereocenters. The molecule has 156 valence electrons. The quantitative estimate of drug-likeness (QED) is 0.183. The summed E-state index contributed by atoms with van der Waals surface area (Å²) in [4.78, 5) is 11.5. The number of carbonyl (C=O) groups excluding carboxylic acids is 1. The van der Waals surface area contributed by atoms with Gasteiger partial charge in [0.2, 0.25) is 0 Å². The zero-order valence-corrected chi connectivity index (χ0v) is 16.0. The molecule has 0 aliphatic carbocycles. The summed E-state index contributed by atoms with van der Waals surface area (Å²) in [6.45, 7) is 3.64. The Morgan fingerprint density at radius 3 is 1.85 bits per heavy atom. The molecule has 0 rings (SSSR count). The minimum absolute atomic E-state index is 0.0887. The van der Waals surface area contributed by atoms with Crippen molar-refractivity contribution in [3.8, 4) is 0 Å². The van der Waals surface area contributed by atoms with E-state index in [0.29, 0.717) is 6.04 Å². The van der Waals surface area contributed by atoms with E-state index in [9.17, 15) is 44.1 Å². The average Bonchev–Trinajstić information content (AvgIpc) is 2.39. The van der Waals surface area contributed by atoms with Gasteiger partial charge in [-0.1, -0.05) is 6.42 Å². The first-order valence-electron chi connectivity index (χ1n) is 7.21. The Kier molecular flexibility index (Phi) is 8.16. The molecule has 0 aromatic rings. The Bertz CT molecular complexity index is 572. The van der Waals surface area contributed by atoms with Crippen LogP contribution in [0, 0.1) is 0 Å². The van der Waals surface area contributed by atoms with Gasteiger partial charge in [0.1, 0.15) is 0 Å². The molecule has 0 heterocycles. The van der Waals surface area contributed by atoms with Crippen LogP contribution in [0.2, 0.25) is 19.1 Å². The van der Waals surface area contributed by atoms with Gasteiger partial charge in [-0.3, -0.25) is 4.79 Å². The van der Waals surface area contributed by atoms with Gasteiger partial charge < -0.3 is 13.7 Å². The molecule has 0 bridgehead atoms. The summed E-state index contributed by atoms with van der Waals surface area (Å²) in [5.74, 6) is -4.89. The van der Waals surface area contributed by atoms with E-state index in [1.54, 1.807) is 0 Å². The maximum Gasteiger partial charge on any atom is 0.438 e. The van der Waals surface area contributed by atoms with Crippen LogP contribution in [0.15, 0.2) is 0 Å².